The number of hydrogen-bond donors (Lipinski definition) is 0. The van der Waals surface area contributed by atoms with Gasteiger partial charge in [-0.3, -0.25) is 4.79 Å². The molecule has 2 fully saturated rings. The predicted molar refractivity (Wildman–Crippen MR) is 77.9 cm³/mol. The first-order valence-electron chi connectivity index (χ1n) is 7.71. The summed E-state index contributed by atoms with van der Waals surface area (Å²) >= 11 is 0. The van der Waals surface area contributed by atoms with Gasteiger partial charge in [-0.05, 0) is 25.7 Å². The topological polar surface area (TPSA) is 49.3 Å². The minimum absolute atomic E-state index is 0.0254. The van der Waals surface area contributed by atoms with E-state index < -0.39 is 0 Å². The maximum Gasteiger partial charge on any atom is 0.274 e. The molecule has 2 aliphatic heterocycles. The van der Waals surface area contributed by atoms with Gasteiger partial charge < -0.3 is 9.80 Å². The lowest BCUT2D eigenvalue weighted by atomic mass is 10.2. The molecule has 0 spiro atoms. The standard InChI is InChI=1S/C15H22N4O/c20-15(19-9-5-6-10-19)13-11-17-14(12-16-13)18-7-3-1-2-4-8-18/h11-12H,1-10H2. The van der Waals surface area contributed by atoms with Crippen LogP contribution in [0.5, 0.6) is 0 Å². The largest absolute Gasteiger partial charge is 0.355 e. The Hall–Kier alpha value is -1.65. The van der Waals surface area contributed by atoms with Gasteiger partial charge in [0.1, 0.15) is 11.5 Å². The molecule has 1 aromatic rings. The van der Waals surface area contributed by atoms with Crippen molar-refractivity contribution in [2.75, 3.05) is 31.1 Å². The zero-order chi connectivity index (χ0) is 13.8. The number of nitrogens with zero attached hydrogens (tertiary/aromatic N) is 4. The van der Waals surface area contributed by atoms with Crippen molar-refractivity contribution in [1.29, 1.82) is 0 Å². The lowest BCUT2D eigenvalue weighted by Gasteiger charge is -2.21. The average Bonchev–Trinajstić information content (AvgIpc) is 2.89. The van der Waals surface area contributed by atoms with Crippen molar-refractivity contribution in [2.45, 2.75) is 38.5 Å². The normalized spacial score (nSPS) is 20.0. The summed E-state index contributed by atoms with van der Waals surface area (Å²) in [6.45, 7) is 3.81. The van der Waals surface area contributed by atoms with Crippen LogP contribution >= 0.6 is 0 Å². The number of carbonyl (C=O) groups excluding carboxylic acids is 1. The highest BCUT2D eigenvalue weighted by molar-refractivity contribution is 5.92. The first-order chi connectivity index (χ1) is 9.84. The average molecular weight is 274 g/mol. The molecule has 20 heavy (non-hydrogen) atoms. The highest BCUT2D eigenvalue weighted by Gasteiger charge is 2.21. The van der Waals surface area contributed by atoms with Crippen LogP contribution in [-0.2, 0) is 0 Å². The van der Waals surface area contributed by atoms with Crippen molar-refractivity contribution in [2.24, 2.45) is 0 Å². The van der Waals surface area contributed by atoms with Gasteiger partial charge in [-0.2, -0.15) is 0 Å². The van der Waals surface area contributed by atoms with Crippen molar-refractivity contribution >= 4 is 11.7 Å². The van der Waals surface area contributed by atoms with E-state index in [2.05, 4.69) is 14.9 Å². The van der Waals surface area contributed by atoms with Crippen LogP contribution in [0.3, 0.4) is 0 Å². The van der Waals surface area contributed by atoms with E-state index in [0.29, 0.717) is 5.69 Å². The van der Waals surface area contributed by atoms with E-state index in [9.17, 15) is 4.79 Å². The summed E-state index contributed by atoms with van der Waals surface area (Å²) in [4.78, 5) is 25.1. The molecular formula is C15H22N4O. The summed E-state index contributed by atoms with van der Waals surface area (Å²) in [5.74, 6) is 0.933. The lowest BCUT2D eigenvalue weighted by molar-refractivity contribution is 0.0786. The van der Waals surface area contributed by atoms with Crippen LogP contribution in [0.25, 0.3) is 0 Å². The summed E-state index contributed by atoms with van der Waals surface area (Å²) in [5, 5.41) is 0. The van der Waals surface area contributed by atoms with Gasteiger partial charge in [0.05, 0.1) is 12.4 Å². The molecule has 0 saturated carbocycles. The third kappa shape index (κ3) is 2.92. The molecule has 3 heterocycles. The van der Waals surface area contributed by atoms with Crippen molar-refractivity contribution < 1.29 is 4.79 Å². The second-order valence-corrected chi connectivity index (χ2v) is 5.66. The number of anilines is 1. The van der Waals surface area contributed by atoms with Crippen molar-refractivity contribution in [3.8, 4) is 0 Å². The van der Waals surface area contributed by atoms with E-state index in [0.717, 1.165) is 44.8 Å². The second kappa shape index (κ2) is 6.20. The number of hydrogen-bond acceptors (Lipinski definition) is 4. The van der Waals surface area contributed by atoms with Crippen LogP contribution in [0.4, 0.5) is 5.82 Å². The molecule has 1 amide bonds. The van der Waals surface area contributed by atoms with Gasteiger partial charge in [0.15, 0.2) is 0 Å². The summed E-state index contributed by atoms with van der Waals surface area (Å²) in [6, 6.07) is 0. The van der Waals surface area contributed by atoms with Crippen LogP contribution in [0.15, 0.2) is 12.4 Å². The van der Waals surface area contributed by atoms with Crippen LogP contribution in [0.2, 0.25) is 0 Å². The zero-order valence-corrected chi connectivity index (χ0v) is 11.9. The van der Waals surface area contributed by atoms with Gasteiger partial charge in [0.25, 0.3) is 5.91 Å². The maximum atomic E-state index is 12.2. The Bertz CT molecular complexity index is 445. The number of carbonyl (C=O) groups is 1. The van der Waals surface area contributed by atoms with Crippen LogP contribution < -0.4 is 4.90 Å². The highest BCUT2D eigenvalue weighted by atomic mass is 16.2. The highest BCUT2D eigenvalue weighted by Crippen LogP contribution is 2.17. The molecule has 0 radical (unpaired) electrons. The third-order valence-corrected chi connectivity index (χ3v) is 4.18. The Balaban J connectivity index is 1.68. The minimum atomic E-state index is 0.0254. The smallest absolute Gasteiger partial charge is 0.274 e. The van der Waals surface area contributed by atoms with Crippen LogP contribution in [0, 0.1) is 0 Å². The predicted octanol–water partition coefficient (Wildman–Crippen LogP) is 2.09. The second-order valence-electron chi connectivity index (χ2n) is 5.66. The fourth-order valence-corrected chi connectivity index (χ4v) is 2.98. The molecule has 0 bridgehead atoms. The van der Waals surface area contributed by atoms with E-state index in [-0.39, 0.29) is 5.91 Å². The van der Waals surface area contributed by atoms with Crippen LogP contribution in [-0.4, -0.2) is 47.0 Å². The monoisotopic (exact) mass is 274 g/mol. The molecule has 0 aromatic carbocycles. The SMILES string of the molecule is O=C(c1cnc(N2CCCCCC2)cn1)N1CCCC1. The van der Waals surface area contributed by atoms with Crippen molar-refractivity contribution in [3.05, 3.63) is 18.1 Å². The molecule has 5 nitrogen and oxygen atoms in total. The van der Waals surface area contributed by atoms with E-state index in [1.165, 1.54) is 25.7 Å². The molecule has 5 heteroatoms. The Morgan fingerprint density at radius 3 is 2.10 bits per heavy atom. The molecular weight excluding hydrogens is 252 g/mol. The Morgan fingerprint density at radius 1 is 0.850 bits per heavy atom. The van der Waals surface area contributed by atoms with E-state index in [4.69, 9.17) is 0 Å². The summed E-state index contributed by atoms with van der Waals surface area (Å²) in [7, 11) is 0. The number of likely N-dealkylation sites (tertiary alicyclic amines) is 1. The van der Waals surface area contributed by atoms with Gasteiger partial charge in [0, 0.05) is 26.2 Å². The Labute approximate surface area is 120 Å². The molecule has 2 aliphatic rings. The number of rotatable bonds is 2. The summed E-state index contributed by atoms with van der Waals surface area (Å²) < 4.78 is 0. The molecule has 2 saturated heterocycles. The van der Waals surface area contributed by atoms with Gasteiger partial charge in [0.2, 0.25) is 0 Å². The van der Waals surface area contributed by atoms with Crippen LogP contribution in [0.1, 0.15) is 49.0 Å². The van der Waals surface area contributed by atoms with Crippen molar-refractivity contribution in [3.63, 3.8) is 0 Å². The van der Waals surface area contributed by atoms with E-state index in [1.54, 1.807) is 12.4 Å². The molecule has 0 unspecified atom stereocenters. The zero-order valence-electron chi connectivity index (χ0n) is 11.9. The first kappa shape index (κ1) is 13.3. The maximum absolute atomic E-state index is 12.2. The Kier molecular flexibility index (Phi) is 4.14. The fraction of sp³-hybridized carbons (Fsp3) is 0.667. The summed E-state index contributed by atoms with van der Waals surface area (Å²) in [6.07, 6.45) is 10.6. The minimum Gasteiger partial charge on any atom is -0.355 e. The fourth-order valence-electron chi connectivity index (χ4n) is 2.98. The summed E-state index contributed by atoms with van der Waals surface area (Å²) in [5.41, 5.74) is 0.477. The molecule has 108 valence electrons. The molecule has 0 aliphatic carbocycles. The number of amides is 1. The molecule has 0 N–H and O–H groups in total. The first-order valence-corrected chi connectivity index (χ1v) is 7.71. The van der Waals surface area contributed by atoms with E-state index >= 15 is 0 Å². The quantitative estimate of drug-likeness (QED) is 0.828. The molecule has 3 rings (SSSR count). The van der Waals surface area contributed by atoms with Gasteiger partial charge in [-0.15, -0.1) is 0 Å². The third-order valence-electron chi connectivity index (χ3n) is 4.18. The van der Waals surface area contributed by atoms with Crippen molar-refractivity contribution in [1.82, 2.24) is 14.9 Å². The Morgan fingerprint density at radius 2 is 1.50 bits per heavy atom. The van der Waals surface area contributed by atoms with E-state index in [1.807, 2.05) is 4.90 Å². The van der Waals surface area contributed by atoms with Gasteiger partial charge >= 0.3 is 0 Å². The van der Waals surface area contributed by atoms with Gasteiger partial charge in [-0.1, -0.05) is 12.8 Å². The molecule has 0 atom stereocenters. The lowest BCUT2D eigenvalue weighted by Crippen LogP contribution is -2.29. The van der Waals surface area contributed by atoms with Gasteiger partial charge in [-0.25, -0.2) is 9.97 Å². The number of aromatic nitrogens is 2. The molecule has 1 aromatic heterocycles.